The van der Waals surface area contributed by atoms with Crippen LogP contribution >= 0.6 is 11.8 Å². The maximum atomic E-state index is 11.7. The zero-order valence-electron chi connectivity index (χ0n) is 9.21. The minimum absolute atomic E-state index is 0.398. The molecule has 1 saturated carbocycles. The summed E-state index contributed by atoms with van der Waals surface area (Å²) in [4.78, 5) is 13.9. The van der Waals surface area contributed by atoms with Crippen molar-refractivity contribution in [3.63, 3.8) is 0 Å². The van der Waals surface area contributed by atoms with E-state index in [-0.39, 0.29) is 0 Å². The molecule has 1 amide bonds. The van der Waals surface area contributed by atoms with Crippen LogP contribution in [0, 0.1) is 5.41 Å². The van der Waals surface area contributed by atoms with Gasteiger partial charge in [-0.15, -0.1) is 11.8 Å². The van der Waals surface area contributed by atoms with E-state index in [1.807, 2.05) is 11.8 Å². The third-order valence-electron chi connectivity index (χ3n) is 4.41. The lowest BCUT2D eigenvalue weighted by atomic mass is 9.69. The molecule has 3 aliphatic rings. The van der Waals surface area contributed by atoms with Gasteiger partial charge in [0.05, 0.1) is 11.1 Å². The van der Waals surface area contributed by atoms with Crippen molar-refractivity contribution in [2.45, 2.75) is 50.3 Å². The third-order valence-corrected chi connectivity index (χ3v) is 5.90. The summed E-state index contributed by atoms with van der Waals surface area (Å²) in [7, 11) is 0. The number of amides is 1. The molecule has 84 valence electrons. The maximum absolute atomic E-state index is 11.7. The molecule has 2 aliphatic heterocycles. The normalized spacial score (nSPS) is 34.5. The lowest BCUT2D eigenvalue weighted by Crippen LogP contribution is -2.50. The van der Waals surface area contributed by atoms with Crippen LogP contribution in [0.3, 0.4) is 0 Å². The number of hydrogen-bond donors (Lipinski definition) is 0. The molecule has 1 atom stereocenters. The molecule has 0 aromatic heterocycles. The quantitative estimate of drug-likeness (QED) is 0.631. The van der Waals surface area contributed by atoms with E-state index in [4.69, 9.17) is 0 Å². The van der Waals surface area contributed by atoms with E-state index in [1.165, 1.54) is 44.9 Å². The number of fused-ring (bicyclic) bond motifs is 2. The first-order valence-corrected chi connectivity index (χ1v) is 7.28. The van der Waals surface area contributed by atoms with Crippen molar-refractivity contribution in [2.75, 3.05) is 12.3 Å². The van der Waals surface area contributed by atoms with Crippen LogP contribution in [0.25, 0.3) is 0 Å². The average molecular weight is 225 g/mol. The van der Waals surface area contributed by atoms with Gasteiger partial charge in [0.25, 0.3) is 0 Å². The van der Waals surface area contributed by atoms with Crippen molar-refractivity contribution in [1.82, 2.24) is 4.90 Å². The number of piperidine rings is 1. The van der Waals surface area contributed by atoms with Crippen molar-refractivity contribution in [2.24, 2.45) is 5.41 Å². The number of nitrogens with zero attached hydrogens (tertiary/aromatic N) is 1. The molecule has 2 nitrogen and oxygen atoms in total. The molecule has 2 saturated heterocycles. The molecule has 15 heavy (non-hydrogen) atoms. The van der Waals surface area contributed by atoms with Gasteiger partial charge in [0.2, 0.25) is 5.91 Å². The number of rotatable bonds is 0. The van der Waals surface area contributed by atoms with E-state index in [0.717, 1.165) is 12.3 Å². The number of carbonyl (C=O) groups excluding carboxylic acids is 1. The van der Waals surface area contributed by atoms with E-state index in [0.29, 0.717) is 16.7 Å². The molecular formula is C12H19NOS. The number of thioether (sulfide) groups is 1. The van der Waals surface area contributed by atoms with Gasteiger partial charge < -0.3 is 4.90 Å². The highest BCUT2D eigenvalue weighted by Gasteiger charge is 2.49. The molecule has 0 bridgehead atoms. The zero-order valence-corrected chi connectivity index (χ0v) is 10.0. The lowest BCUT2D eigenvalue weighted by molar-refractivity contribution is -0.132. The van der Waals surface area contributed by atoms with E-state index in [1.54, 1.807) is 0 Å². The molecule has 0 aromatic carbocycles. The summed E-state index contributed by atoms with van der Waals surface area (Å²) in [6, 6.07) is 0. The van der Waals surface area contributed by atoms with E-state index < -0.39 is 0 Å². The summed E-state index contributed by atoms with van der Waals surface area (Å²) in [5, 5.41) is 0.541. The van der Waals surface area contributed by atoms with Crippen LogP contribution in [-0.4, -0.2) is 28.5 Å². The Morgan fingerprint density at radius 2 is 1.87 bits per heavy atom. The Hall–Kier alpha value is -0.180. The predicted molar refractivity (Wildman–Crippen MR) is 62.7 cm³/mol. The van der Waals surface area contributed by atoms with Gasteiger partial charge in [-0.05, 0) is 25.7 Å². The first-order chi connectivity index (χ1) is 7.32. The highest BCUT2D eigenvalue weighted by atomic mass is 32.2. The number of hydrogen-bond acceptors (Lipinski definition) is 2. The Morgan fingerprint density at radius 1 is 1.13 bits per heavy atom. The van der Waals surface area contributed by atoms with E-state index in [9.17, 15) is 4.79 Å². The monoisotopic (exact) mass is 225 g/mol. The van der Waals surface area contributed by atoms with Gasteiger partial charge in [-0.25, -0.2) is 0 Å². The van der Waals surface area contributed by atoms with Crippen molar-refractivity contribution in [1.29, 1.82) is 0 Å². The molecule has 1 aliphatic carbocycles. The smallest absolute Gasteiger partial charge is 0.233 e. The molecule has 3 heteroatoms. The van der Waals surface area contributed by atoms with Crippen molar-refractivity contribution >= 4 is 17.7 Å². The summed E-state index contributed by atoms with van der Waals surface area (Å²) < 4.78 is 0. The van der Waals surface area contributed by atoms with Gasteiger partial charge in [0, 0.05) is 12.0 Å². The van der Waals surface area contributed by atoms with Gasteiger partial charge in [-0.2, -0.15) is 0 Å². The summed E-state index contributed by atoms with van der Waals surface area (Å²) in [6.45, 7) is 1.03. The summed E-state index contributed by atoms with van der Waals surface area (Å²) in [5.41, 5.74) is 0.507. The molecule has 3 rings (SSSR count). The van der Waals surface area contributed by atoms with Crippen LogP contribution in [0.5, 0.6) is 0 Å². The maximum Gasteiger partial charge on any atom is 0.233 e. The van der Waals surface area contributed by atoms with Crippen LogP contribution in [0.2, 0.25) is 0 Å². The minimum atomic E-state index is 0.398. The first kappa shape index (κ1) is 10.0. The van der Waals surface area contributed by atoms with E-state index >= 15 is 0 Å². The van der Waals surface area contributed by atoms with Gasteiger partial charge in [-0.3, -0.25) is 4.79 Å². The highest BCUT2D eigenvalue weighted by molar-refractivity contribution is 8.01. The second-order valence-corrected chi connectivity index (χ2v) is 6.35. The molecule has 3 fully saturated rings. The molecular weight excluding hydrogens is 206 g/mol. The second-order valence-electron chi connectivity index (χ2n) is 5.28. The fourth-order valence-corrected chi connectivity index (χ4v) is 5.26. The van der Waals surface area contributed by atoms with Gasteiger partial charge in [0.15, 0.2) is 0 Å². The highest BCUT2D eigenvalue weighted by Crippen LogP contribution is 2.52. The molecule has 0 unspecified atom stereocenters. The largest absolute Gasteiger partial charge is 0.329 e. The Bertz CT molecular complexity index is 267. The zero-order chi connectivity index (χ0) is 10.3. The Balaban J connectivity index is 1.85. The minimum Gasteiger partial charge on any atom is -0.329 e. The summed E-state index contributed by atoms with van der Waals surface area (Å²) in [6.07, 6.45) is 9.53. The standard InChI is InChI=1S/C12H19NOS/c14-10-9-15-11-12(5-2-1-3-6-12)7-4-8-13(10)11/h11H,1-9H2/t11-/m1/s1. The Labute approximate surface area is 95.8 Å². The van der Waals surface area contributed by atoms with Crippen LogP contribution in [0.15, 0.2) is 0 Å². The van der Waals surface area contributed by atoms with Crippen LogP contribution in [-0.2, 0) is 4.79 Å². The molecule has 2 heterocycles. The second kappa shape index (κ2) is 3.69. The Kier molecular flexibility index (Phi) is 2.46. The Morgan fingerprint density at radius 3 is 2.67 bits per heavy atom. The molecule has 1 spiro atoms. The first-order valence-electron chi connectivity index (χ1n) is 6.23. The van der Waals surface area contributed by atoms with Gasteiger partial charge in [0.1, 0.15) is 0 Å². The third kappa shape index (κ3) is 1.50. The van der Waals surface area contributed by atoms with Crippen molar-refractivity contribution in [3.05, 3.63) is 0 Å². The van der Waals surface area contributed by atoms with Crippen LogP contribution in [0.1, 0.15) is 44.9 Å². The van der Waals surface area contributed by atoms with Crippen LogP contribution < -0.4 is 0 Å². The molecule has 0 aromatic rings. The number of carbonyl (C=O) groups is 1. The van der Waals surface area contributed by atoms with Crippen molar-refractivity contribution in [3.8, 4) is 0 Å². The topological polar surface area (TPSA) is 20.3 Å². The fraction of sp³-hybridized carbons (Fsp3) is 0.917. The average Bonchev–Trinajstić information content (AvgIpc) is 2.64. The van der Waals surface area contributed by atoms with E-state index in [2.05, 4.69) is 4.90 Å². The summed E-state index contributed by atoms with van der Waals surface area (Å²) >= 11 is 1.92. The summed E-state index contributed by atoms with van der Waals surface area (Å²) in [5.74, 6) is 1.14. The van der Waals surface area contributed by atoms with Gasteiger partial charge in [-0.1, -0.05) is 19.3 Å². The van der Waals surface area contributed by atoms with Crippen LogP contribution in [0.4, 0.5) is 0 Å². The predicted octanol–water partition coefficient (Wildman–Crippen LogP) is 2.63. The molecule has 0 N–H and O–H groups in total. The molecule has 0 radical (unpaired) electrons. The fourth-order valence-electron chi connectivity index (χ4n) is 3.68. The van der Waals surface area contributed by atoms with Crippen molar-refractivity contribution < 1.29 is 4.79 Å². The lowest BCUT2D eigenvalue weighted by Gasteiger charge is -2.48. The SMILES string of the molecule is O=C1CS[C@H]2N1CCCC21CCCCC1. The van der Waals surface area contributed by atoms with Gasteiger partial charge >= 0.3 is 0 Å².